The van der Waals surface area contributed by atoms with Crippen LogP contribution < -0.4 is 9.80 Å². The van der Waals surface area contributed by atoms with Gasteiger partial charge < -0.3 is 33.1 Å². The Bertz CT molecular complexity index is 2950. The Hall–Kier alpha value is -8.00. The van der Waals surface area contributed by atoms with Crippen molar-refractivity contribution in [2.75, 3.05) is 63.5 Å². The molecule has 2 aliphatic rings. The average molecular weight is 987 g/mol. The van der Waals surface area contributed by atoms with Crippen LogP contribution in [0.15, 0.2) is 119 Å². The van der Waals surface area contributed by atoms with Crippen LogP contribution in [0.25, 0.3) is 22.3 Å². The number of hydrogen-bond donors (Lipinski definition) is 0. The molecule has 0 bridgehead atoms. The summed E-state index contributed by atoms with van der Waals surface area (Å²) in [6, 6.07) is 31.4. The van der Waals surface area contributed by atoms with Gasteiger partial charge in [-0.05, 0) is 74.2 Å². The Morgan fingerprint density at radius 1 is 0.521 bits per heavy atom. The molecule has 10 rings (SSSR count). The molecule has 2 aliphatic heterocycles. The largest absolute Gasteiger partial charge is 0.377 e. The molecule has 0 spiro atoms. The molecule has 4 aromatic heterocycles. The lowest BCUT2D eigenvalue weighted by atomic mass is 9.90. The Kier molecular flexibility index (Phi) is 14.2. The van der Waals surface area contributed by atoms with E-state index in [0.29, 0.717) is 64.1 Å². The van der Waals surface area contributed by atoms with Gasteiger partial charge in [0.05, 0.1) is 113 Å². The van der Waals surface area contributed by atoms with Gasteiger partial charge in [-0.15, -0.1) is 10.2 Å². The van der Waals surface area contributed by atoms with E-state index in [1.165, 1.54) is 0 Å². The number of carbonyl (C=O) groups is 2. The number of aromatic nitrogens is 8. The topological polar surface area (TPSA) is 188 Å². The first-order valence-corrected chi connectivity index (χ1v) is 24.4. The van der Waals surface area contributed by atoms with E-state index in [4.69, 9.17) is 23.3 Å². The molecule has 0 aliphatic carbocycles. The summed E-state index contributed by atoms with van der Waals surface area (Å²) in [4.78, 5) is 35.1. The second kappa shape index (κ2) is 21.4. The normalized spacial score (nSPS) is 15.6. The van der Waals surface area contributed by atoms with E-state index in [1.54, 1.807) is 33.3 Å². The SMILES string of the molecule is Cc1noc(C)c1-c1ccc2c(c1)C(c1ccccc1)N(Cc1cn(CCOCCOCCOCCn3cc(CN4C(=O)N(C)c5ccc(-c6c(C)noc6C)cc5C4c4ccccc4)nn3)nn1)C(=O)N2C. The van der Waals surface area contributed by atoms with Gasteiger partial charge in [-0.1, -0.05) is 93.5 Å². The van der Waals surface area contributed by atoms with Crippen molar-refractivity contribution in [3.05, 3.63) is 166 Å². The van der Waals surface area contributed by atoms with Crippen LogP contribution in [-0.4, -0.2) is 116 Å². The van der Waals surface area contributed by atoms with E-state index in [9.17, 15) is 9.59 Å². The van der Waals surface area contributed by atoms with Crippen LogP contribution in [-0.2, 0) is 40.4 Å². The molecule has 376 valence electrons. The second-order valence-corrected chi connectivity index (χ2v) is 18.3. The molecule has 4 aromatic carbocycles. The summed E-state index contributed by atoms with van der Waals surface area (Å²) in [5, 5.41) is 25.9. The van der Waals surface area contributed by atoms with Crippen molar-refractivity contribution in [3.63, 3.8) is 0 Å². The average Bonchev–Trinajstić information content (AvgIpc) is 4.21. The summed E-state index contributed by atoms with van der Waals surface area (Å²) in [6.45, 7) is 11.6. The molecule has 73 heavy (non-hydrogen) atoms. The molecule has 8 aromatic rings. The van der Waals surface area contributed by atoms with Crippen LogP contribution in [0, 0.1) is 27.7 Å². The predicted octanol–water partition coefficient (Wildman–Crippen LogP) is 8.49. The summed E-state index contributed by atoms with van der Waals surface area (Å²) in [5.41, 5.74) is 12.5. The Labute approximate surface area is 422 Å². The first-order chi connectivity index (χ1) is 35.5. The lowest BCUT2D eigenvalue weighted by Crippen LogP contribution is -2.47. The number of hydrogen-bond acceptors (Lipinski definition) is 13. The summed E-state index contributed by atoms with van der Waals surface area (Å²) in [5.74, 6) is 1.48. The first-order valence-electron chi connectivity index (χ1n) is 24.4. The Balaban J connectivity index is 0.667. The molecule has 6 heterocycles. The van der Waals surface area contributed by atoms with Gasteiger partial charge in [0.15, 0.2) is 0 Å². The minimum Gasteiger partial charge on any atom is -0.377 e. The van der Waals surface area contributed by atoms with Crippen molar-refractivity contribution in [2.24, 2.45) is 0 Å². The molecular formula is C54H58N12O7. The van der Waals surface area contributed by atoms with Gasteiger partial charge in [0.25, 0.3) is 0 Å². The lowest BCUT2D eigenvalue weighted by molar-refractivity contribution is 0.0110. The van der Waals surface area contributed by atoms with Crippen molar-refractivity contribution < 1.29 is 32.8 Å². The summed E-state index contributed by atoms with van der Waals surface area (Å²) in [6.07, 6.45) is 3.71. The molecule has 0 N–H and O–H groups in total. The molecule has 4 amide bonds. The highest BCUT2D eigenvalue weighted by Gasteiger charge is 2.39. The van der Waals surface area contributed by atoms with Crippen LogP contribution in [0.1, 0.15) is 68.6 Å². The molecular weight excluding hydrogens is 929 g/mol. The second-order valence-electron chi connectivity index (χ2n) is 18.3. The highest BCUT2D eigenvalue weighted by atomic mass is 16.5. The van der Waals surface area contributed by atoms with Crippen LogP contribution in [0.2, 0.25) is 0 Å². The van der Waals surface area contributed by atoms with Crippen molar-refractivity contribution in [3.8, 4) is 22.3 Å². The fourth-order valence-corrected chi connectivity index (χ4v) is 9.96. The van der Waals surface area contributed by atoms with E-state index in [2.05, 4.69) is 43.1 Å². The maximum atomic E-state index is 14.0. The number of fused-ring (bicyclic) bond motifs is 2. The van der Waals surface area contributed by atoms with Gasteiger partial charge in [-0.3, -0.25) is 9.80 Å². The molecule has 19 heteroatoms. The molecule has 0 fully saturated rings. The van der Waals surface area contributed by atoms with Crippen molar-refractivity contribution in [2.45, 2.75) is 66.0 Å². The zero-order valence-corrected chi connectivity index (χ0v) is 41.8. The molecule has 0 saturated heterocycles. The van der Waals surface area contributed by atoms with Crippen LogP contribution in [0.5, 0.6) is 0 Å². The zero-order valence-electron chi connectivity index (χ0n) is 41.8. The fraction of sp³-hybridized carbons (Fsp3) is 0.333. The Morgan fingerprint density at radius 2 is 0.918 bits per heavy atom. The van der Waals surface area contributed by atoms with Gasteiger partial charge >= 0.3 is 12.1 Å². The van der Waals surface area contributed by atoms with Crippen LogP contribution in [0.4, 0.5) is 21.0 Å². The number of nitrogens with zero attached hydrogens (tertiary/aromatic N) is 12. The number of rotatable bonds is 20. The van der Waals surface area contributed by atoms with Crippen LogP contribution >= 0.6 is 0 Å². The first kappa shape index (κ1) is 48.6. The monoisotopic (exact) mass is 986 g/mol. The van der Waals surface area contributed by atoms with Gasteiger partial charge in [0, 0.05) is 36.3 Å². The molecule has 0 saturated carbocycles. The Morgan fingerprint density at radius 3 is 1.30 bits per heavy atom. The van der Waals surface area contributed by atoms with Crippen molar-refractivity contribution in [1.82, 2.24) is 50.1 Å². The number of benzene rings is 4. The van der Waals surface area contributed by atoms with Gasteiger partial charge in [0.1, 0.15) is 22.9 Å². The standard InChI is InChI=1S/C54H58N12O7/c1-35-49(37(3)72-57-35)41-17-19-47-45(29-41)51(39-13-9-7-10-14-39)65(53(67)61(47)5)33-43-31-63(59-55-43)21-23-69-25-27-71-28-26-70-24-22-64-32-44(56-60-64)34-66-52(40-15-11-8-12-16-40)46-30-42(50-36(2)58-73-38(50)4)18-20-48(46)62(6)54(66)68/h7-20,29-32,51-52H,21-28,33-34H2,1-6H3. The summed E-state index contributed by atoms with van der Waals surface area (Å²) >= 11 is 0. The number of anilines is 2. The molecule has 2 atom stereocenters. The van der Waals surface area contributed by atoms with Gasteiger partial charge in [0.2, 0.25) is 0 Å². The van der Waals surface area contributed by atoms with Gasteiger partial charge in [-0.2, -0.15) is 0 Å². The molecule has 2 unspecified atom stereocenters. The number of aryl methyl sites for hydroxylation is 4. The maximum absolute atomic E-state index is 14.0. The number of carbonyl (C=O) groups excluding carboxylic acids is 2. The van der Waals surface area contributed by atoms with E-state index >= 15 is 0 Å². The predicted molar refractivity (Wildman–Crippen MR) is 271 cm³/mol. The van der Waals surface area contributed by atoms with Crippen LogP contribution in [0.3, 0.4) is 0 Å². The minimum absolute atomic E-state index is 0.134. The van der Waals surface area contributed by atoms with Crippen molar-refractivity contribution >= 4 is 23.4 Å². The summed E-state index contributed by atoms with van der Waals surface area (Å²) in [7, 11) is 3.60. The summed E-state index contributed by atoms with van der Waals surface area (Å²) < 4.78 is 31.9. The van der Waals surface area contributed by atoms with Crippen molar-refractivity contribution in [1.29, 1.82) is 0 Å². The highest BCUT2D eigenvalue weighted by molar-refractivity contribution is 5.97. The number of urea groups is 2. The number of amides is 4. The third-order valence-electron chi connectivity index (χ3n) is 13.4. The van der Waals surface area contributed by atoms with E-state index in [-0.39, 0.29) is 37.2 Å². The molecule has 0 radical (unpaired) electrons. The van der Waals surface area contributed by atoms with E-state index in [0.717, 1.165) is 78.8 Å². The molecule has 19 nitrogen and oxygen atoms in total. The lowest BCUT2D eigenvalue weighted by Gasteiger charge is -2.41. The minimum atomic E-state index is -0.362. The van der Waals surface area contributed by atoms with E-state index in [1.807, 2.05) is 135 Å². The third kappa shape index (κ3) is 10.1. The smallest absolute Gasteiger partial charge is 0.325 e. The maximum Gasteiger partial charge on any atom is 0.325 e. The number of ether oxygens (including phenoxy) is 3. The van der Waals surface area contributed by atoms with E-state index < -0.39 is 0 Å². The highest BCUT2D eigenvalue weighted by Crippen LogP contribution is 2.45. The van der Waals surface area contributed by atoms with Gasteiger partial charge in [-0.25, -0.2) is 19.0 Å². The third-order valence-corrected chi connectivity index (χ3v) is 13.4. The fourth-order valence-electron chi connectivity index (χ4n) is 9.96. The zero-order chi connectivity index (χ0) is 50.6. The quantitative estimate of drug-likeness (QED) is 0.0662.